The van der Waals surface area contributed by atoms with E-state index in [1.54, 1.807) is 6.07 Å². The van der Waals surface area contributed by atoms with Crippen molar-refractivity contribution in [2.45, 2.75) is 19.3 Å². The monoisotopic (exact) mass is 240 g/mol. The van der Waals surface area contributed by atoms with Crippen molar-refractivity contribution in [2.24, 2.45) is 5.92 Å². The molecule has 0 aliphatic carbocycles. The number of carboxylic acids is 2. The Bertz CT molecular complexity index is 417. The van der Waals surface area contributed by atoms with Crippen molar-refractivity contribution in [1.29, 1.82) is 0 Å². The van der Waals surface area contributed by atoms with Crippen molar-refractivity contribution in [2.75, 3.05) is 0 Å². The molecule has 0 radical (unpaired) electrons. The number of hydrogen-bond acceptors (Lipinski definition) is 2. The van der Waals surface area contributed by atoms with Crippen LogP contribution in [0.3, 0.4) is 0 Å². The van der Waals surface area contributed by atoms with Crippen molar-refractivity contribution in [3.05, 3.63) is 35.6 Å². The number of hydrogen-bond donors (Lipinski definition) is 2. The van der Waals surface area contributed by atoms with Gasteiger partial charge in [0.1, 0.15) is 5.82 Å². The van der Waals surface area contributed by atoms with Gasteiger partial charge in [-0.3, -0.25) is 9.59 Å². The lowest BCUT2D eigenvalue weighted by Crippen LogP contribution is -2.18. The zero-order valence-electron chi connectivity index (χ0n) is 9.10. The van der Waals surface area contributed by atoms with Gasteiger partial charge in [-0.15, -0.1) is 0 Å². The van der Waals surface area contributed by atoms with Gasteiger partial charge in [-0.2, -0.15) is 0 Å². The van der Waals surface area contributed by atoms with E-state index in [4.69, 9.17) is 10.2 Å². The molecule has 92 valence electrons. The Morgan fingerprint density at radius 2 is 1.88 bits per heavy atom. The predicted octanol–water partition coefficient (Wildman–Crippen LogP) is 1.93. The lowest BCUT2D eigenvalue weighted by Gasteiger charge is -2.11. The van der Waals surface area contributed by atoms with Crippen molar-refractivity contribution < 1.29 is 24.2 Å². The van der Waals surface area contributed by atoms with Crippen LogP contribution in [0.1, 0.15) is 18.4 Å². The minimum Gasteiger partial charge on any atom is -0.481 e. The first kappa shape index (κ1) is 13.2. The third-order valence-electron chi connectivity index (χ3n) is 2.48. The highest BCUT2D eigenvalue weighted by atomic mass is 19.1. The summed E-state index contributed by atoms with van der Waals surface area (Å²) >= 11 is 0. The van der Waals surface area contributed by atoms with E-state index in [0.29, 0.717) is 5.56 Å². The molecule has 0 saturated heterocycles. The maximum absolute atomic E-state index is 13.3. The molecule has 0 aliphatic heterocycles. The maximum Gasteiger partial charge on any atom is 0.306 e. The first-order chi connectivity index (χ1) is 8.00. The van der Waals surface area contributed by atoms with Gasteiger partial charge in [0.2, 0.25) is 0 Å². The Morgan fingerprint density at radius 1 is 1.24 bits per heavy atom. The van der Waals surface area contributed by atoms with Crippen LogP contribution >= 0.6 is 0 Å². The van der Waals surface area contributed by atoms with E-state index < -0.39 is 23.7 Å². The van der Waals surface area contributed by atoms with E-state index in [1.165, 1.54) is 18.2 Å². The normalized spacial score (nSPS) is 12.1. The molecule has 0 bridgehead atoms. The molecule has 1 unspecified atom stereocenters. The summed E-state index contributed by atoms with van der Waals surface area (Å²) in [6.07, 6.45) is -0.223. The summed E-state index contributed by atoms with van der Waals surface area (Å²) in [5.74, 6) is -3.49. The molecule has 0 spiro atoms. The molecule has 1 atom stereocenters. The summed E-state index contributed by atoms with van der Waals surface area (Å²) in [4.78, 5) is 21.3. The van der Waals surface area contributed by atoms with Crippen LogP contribution in [0.2, 0.25) is 0 Å². The molecule has 0 amide bonds. The van der Waals surface area contributed by atoms with Gasteiger partial charge in [0.25, 0.3) is 0 Å². The van der Waals surface area contributed by atoms with Gasteiger partial charge in [-0.1, -0.05) is 18.2 Å². The molecule has 0 heterocycles. The van der Waals surface area contributed by atoms with Gasteiger partial charge < -0.3 is 10.2 Å². The Labute approximate surface area is 97.7 Å². The molecule has 17 heavy (non-hydrogen) atoms. The van der Waals surface area contributed by atoms with E-state index >= 15 is 0 Å². The SMILES string of the molecule is O=C(O)CCC(Cc1ccccc1F)C(=O)O. The summed E-state index contributed by atoms with van der Waals surface area (Å²) in [7, 11) is 0. The van der Waals surface area contributed by atoms with Crippen LogP contribution in [0.15, 0.2) is 24.3 Å². The highest BCUT2D eigenvalue weighted by Crippen LogP contribution is 2.17. The lowest BCUT2D eigenvalue weighted by molar-refractivity contribution is -0.142. The van der Waals surface area contributed by atoms with E-state index in [2.05, 4.69) is 0 Å². The second-order valence-electron chi connectivity index (χ2n) is 3.76. The third kappa shape index (κ3) is 4.22. The van der Waals surface area contributed by atoms with Gasteiger partial charge in [0, 0.05) is 6.42 Å². The average Bonchev–Trinajstić information content (AvgIpc) is 2.25. The summed E-state index contributed by atoms with van der Waals surface area (Å²) in [6, 6.07) is 5.90. The molecule has 0 aliphatic rings. The Balaban J connectivity index is 2.70. The average molecular weight is 240 g/mol. The first-order valence-corrected chi connectivity index (χ1v) is 5.18. The first-order valence-electron chi connectivity index (χ1n) is 5.18. The number of rotatable bonds is 6. The number of carbonyl (C=O) groups is 2. The highest BCUT2D eigenvalue weighted by Gasteiger charge is 2.20. The molecular formula is C12H13FO4. The number of aliphatic carboxylic acids is 2. The minimum absolute atomic E-state index is 0.000991. The van der Waals surface area contributed by atoms with Gasteiger partial charge in [-0.05, 0) is 24.5 Å². The van der Waals surface area contributed by atoms with E-state index in [-0.39, 0.29) is 19.3 Å². The lowest BCUT2D eigenvalue weighted by atomic mass is 9.94. The largest absolute Gasteiger partial charge is 0.481 e. The topological polar surface area (TPSA) is 74.6 Å². The fraction of sp³-hybridized carbons (Fsp3) is 0.333. The molecule has 4 nitrogen and oxygen atoms in total. The standard InChI is InChI=1S/C12H13FO4/c13-10-4-2-1-3-8(10)7-9(12(16)17)5-6-11(14)15/h1-4,9H,5-7H2,(H,14,15)(H,16,17). The Hall–Kier alpha value is -1.91. The molecule has 0 saturated carbocycles. The molecule has 1 rings (SSSR count). The Morgan fingerprint density at radius 3 is 2.41 bits per heavy atom. The van der Waals surface area contributed by atoms with E-state index in [1.807, 2.05) is 0 Å². The second kappa shape index (κ2) is 5.98. The van der Waals surface area contributed by atoms with Gasteiger partial charge in [0.15, 0.2) is 0 Å². The summed E-state index contributed by atoms with van der Waals surface area (Å²) < 4.78 is 13.3. The maximum atomic E-state index is 13.3. The van der Waals surface area contributed by atoms with Crippen molar-refractivity contribution >= 4 is 11.9 Å². The number of halogens is 1. The van der Waals surface area contributed by atoms with Crippen LogP contribution in [-0.2, 0) is 16.0 Å². The number of benzene rings is 1. The van der Waals surface area contributed by atoms with Crippen molar-refractivity contribution in [3.63, 3.8) is 0 Å². The zero-order chi connectivity index (χ0) is 12.8. The fourth-order valence-electron chi connectivity index (χ4n) is 1.54. The molecule has 0 aromatic heterocycles. The van der Waals surface area contributed by atoms with Gasteiger partial charge in [0.05, 0.1) is 5.92 Å². The van der Waals surface area contributed by atoms with Gasteiger partial charge in [-0.25, -0.2) is 4.39 Å². The summed E-state index contributed by atoms with van der Waals surface area (Å²) in [5, 5.41) is 17.4. The third-order valence-corrected chi connectivity index (χ3v) is 2.48. The summed E-state index contributed by atoms with van der Waals surface area (Å²) in [6.45, 7) is 0. The predicted molar refractivity (Wildman–Crippen MR) is 58.1 cm³/mol. The molecule has 5 heteroatoms. The fourth-order valence-corrected chi connectivity index (χ4v) is 1.54. The quantitative estimate of drug-likeness (QED) is 0.796. The van der Waals surface area contributed by atoms with Crippen LogP contribution in [0, 0.1) is 11.7 Å². The zero-order valence-corrected chi connectivity index (χ0v) is 9.10. The van der Waals surface area contributed by atoms with Crippen LogP contribution in [0.25, 0.3) is 0 Å². The van der Waals surface area contributed by atoms with Crippen LogP contribution in [-0.4, -0.2) is 22.2 Å². The molecule has 2 N–H and O–H groups in total. The van der Waals surface area contributed by atoms with Crippen LogP contribution < -0.4 is 0 Å². The smallest absolute Gasteiger partial charge is 0.306 e. The molecule has 1 aromatic carbocycles. The van der Waals surface area contributed by atoms with Crippen LogP contribution in [0.5, 0.6) is 0 Å². The minimum atomic E-state index is -1.10. The Kier molecular flexibility index (Phi) is 4.63. The van der Waals surface area contributed by atoms with E-state index in [0.717, 1.165) is 0 Å². The van der Waals surface area contributed by atoms with Crippen LogP contribution in [0.4, 0.5) is 4.39 Å². The molecule has 0 fully saturated rings. The number of carboxylic acid groups (broad SMARTS) is 2. The second-order valence-corrected chi connectivity index (χ2v) is 3.76. The summed E-state index contributed by atoms with van der Waals surface area (Å²) in [5.41, 5.74) is 0.297. The van der Waals surface area contributed by atoms with Crippen molar-refractivity contribution in [3.8, 4) is 0 Å². The molecular weight excluding hydrogens is 227 g/mol. The van der Waals surface area contributed by atoms with Crippen molar-refractivity contribution in [1.82, 2.24) is 0 Å². The highest BCUT2D eigenvalue weighted by molar-refractivity contribution is 5.72. The van der Waals surface area contributed by atoms with E-state index in [9.17, 15) is 14.0 Å². The van der Waals surface area contributed by atoms with Gasteiger partial charge >= 0.3 is 11.9 Å². The molecule has 1 aromatic rings.